The largest absolute Gasteiger partial charge is 0.465 e. The predicted octanol–water partition coefficient (Wildman–Crippen LogP) is 4.54. The molecule has 1 amide bonds. The lowest BCUT2D eigenvalue weighted by Gasteiger charge is -2.30. The van der Waals surface area contributed by atoms with E-state index in [9.17, 15) is 9.59 Å². The molecule has 0 aliphatic carbocycles. The molecule has 1 aliphatic heterocycles. The Balaban J connectivity index is 2.01. The van der Waals surface area contributed by atoms with Crippen molar-refractivity contribution in [1.82, 2.24) is 4.90 Å². The van der Waals surface area contributed by atoms with E-state index in [0.29, 0.717) is 44.8 Å². The molecular formula is C19H34ClNO3. The van der Waals surface area contributed by atoms with Gasteiger partial charge < -0.3 is 9.64 Å². The Labute approximate surface area is 152 Å². The number of nitrogens with zero attached hydrogens (tertiary/aromatic N) is 1. The third-order valence-corrected chi connectivity index (χ3v) is 4.92. The Morgan fingerprint density at radius 1 is 1.00 bits per heavy atom. The molecule has 0 N–H and O–H groups in total. The van der Waals surface area contributed by atoms with Gasteiger partial charge in [0.1, 0.15) is 0 Å². The van der Waals surface area contributed by atoms with E-state index in [0.717, 1.165) is 12.8 Å². The molecule has 0 spiro atoms. The molecule has 5 heteroatoms. The van der Waals surface area contributed by atoms with Crippen molar-refractivity contribution in [2.24, 2.45) is 5.92 Å². The van der Waals surface area contributed by atoms with Crippen molar-refractivity contribution in [1.29, 1.82) is 0 Å². The maximum absolute atomic E-state index is 12.1. The van der Waals surface area contributed by atoms with E-state index in [2.05, 4.69) is 6.92 Å². The fourth-order valence-electron chi connectivity index (χ4n) is 3.13. The Bertz CT molecular complexity index is 355. The van der Waals surface area contributed by atoms with Gasteiger partial charge in [-0.15, -0.1) is 11.6 Å². The number of carbonyl (C=O) groups excluding carboxylic acids is 2. The van der Waals surface area contributed by atoms with Crippen molar-refractivity contribution < 1.29 is 14.3 Å². The second-order valence-corrected chi connectivity index (χ2v) is 7.11. The lowest BCUT2D eigenvalue weighted by molar-refractivity contribution is -0.151. The number of carbonyl (C=O) groups is 2. The second kappa shape index (κ2) is 13.5. The van der Waals surface area contributed by atoms with Gasteiger partial charge in [0, 0.05) is 25.4 Å². The van der Waals surface area contributed by atoms with E-state index < -0.39 is 0 Å². The summed E-state index contributed by atoms with van der Waals surface area (Å²) in [4.78, 5) is 25.6. The Morgan fingerprint density at radius 2 is 1.58 bits per heavy atom. The van der Waals surface area contributed by atoms with Gasteiger partial charge in [-0.2, -0.15) is 0 Å². The van der Waals surface area contributed by atoms with Crippen LogP contribution in [0.25, 0.3) is 0 Å². The molecule has 0 radical (unpaired) electrons. The van der Waals surface area contributed by atoms with Gasteiger partial charge in [0.25, 0.3) is 0 Å². The van der Waals surface area contributed by atoms with E-state index in [1.807, 2.05) is 4.90 Å². The number of unbranched alkanes of at least 4 members (excludes halogenated alkanes) is 7. The summed E-state index contributed by atoms with van der Waals surface area (Å²) in [5, 5.41) is 0. The summed E-state index contributed by atoms with van der Waals surface area (Å²) in [7, 11) is 0. The number of amides is 1. The molecule has 0 saturated carbocycles. The number of halogens is 1. The molecule has 0 atom stereocenters. The van der Waals surface area contributed by atoms with Gasteiger partial charge in [-0.3, -0.25) is 9.59 Å². The van der Waals surface area contributed by atoms with E-state index in [1.165, 1.54) is 38.5 Å². The fraction of sp³-hybridized carbons (Fsp3) is 0.895. The normalized spacial score (nSPS) is 15.5. The zero-order valence-corrected chi connectivity index (χ0v) is 16.0. The molecule has 1 aliphatic rings. The standard InChI is InChI=1S/C19H34ClNO3/c1-2-3-4-5-6-7-8-9-16-24-19(23)17-11-14-21(15-12-17)18(22)10-13-20/h17H,2-16H2,1H3. The van der Waals surface area contributed by atoms with Crippen LogP contribution in [0.15, 0.2) is 0 Å². The van der Waals surface area contributed by atoms with Gasteiger partial charge >= 0.3 is 5.97 Å². The van der Waals surface area contributed by atoms with E-state index in [1.54, 1.807) is 0 Å². The summed E-state index contributed by atoms with van der Waals surface area (Å²) in [5.74, 6) is 0.330. The van der Waals surface area contributed by atoms with Crippen LogP contribution in [-0.2, 0) is 14.3 Å². The molecule has 0 unspecified atom stereocenters. The Morgan fingerprint density at radius 3 is 2.17 bits per heavy atom. The van der Waals surface area contributed by atoms with Crippen LogP contribution in [0.3, 0.4) is 0 Å². The molecule has 24 heavy (non-hydrogen) atoms. The number of rotatable bonds is 12. The van der Waals surface area contributed by atoms with E-state index in [4.69, 9.17) is 16.3 Å². The monoisotopic (exact) mass is 359 g/mol. The molecule has 1 fully saturated rings. The zero-order valence-electron chi connectivity index (χ0n) is 15.2. The first-order valence-corrected chi connectivity index (χ1v) is 10.2. The number of hydrogen-bond donors (Lipinski definition) is 0. The highest BCUT2D eigenvalue weighted by atomic mass is 35.5. The van der Waals surface area contributed by atoms with Crippen molar-refractivity contribution in [3.63, 3.8) is 0 Å². The number of ether oxygens (including phenoxy) is 1. The molecule has 4 nitrogen and oxygen atoms in total. The highest BCUT2D eigenvalue weighted by Gasteiger charge is 2.27. The summed E-state index contributed by atoms with van der Waals surface area (Å²) < 4.78 is 5.41. The van der Waals surface area contributed by atoms with Crippen LogP contribution in [0.2, 0.25) is 0 Å². The lowest BCUT2D eigenvalue weighted by Crippen LogP contribution is -2.40. The summed E-state index contributed by atoms with van der Waals surface area (Å²) in [6.45, 7) is 4.07. The van der Waals surface area contributed by atoms with E-state index >= 15 is 0 Å². The molecule has 0 aromatic rings. The minimum atomic E-state index is -0.0811. The number of likely N-dealkylation sites (tertiary alicyclic amines) is 1. The van der Waals surface area contributed by atoms with Gasteiger partial charge in [0.2, 0.25) is 5.91 Å². The third kappa shape index (κ3) is 8.91. The highest BCUT2D eigenvalue weighted by Crippen LogP contribution is 2.19. The van der Waals surface area contributed by atoms with Crippen molar-refractivity contribution in [2.75, 3.05) is 25.6 Å². The van der Waals surface area contributed by atoms with Crippen LogP contribution in [0.1, 0.15) is 77.6 Å². The Kier molecular flexibility index (Phi) is 12.0. The van der Waals surface area contributed by atoms with Gasteiger partial charge in [-0.1, -0.05) is 51.9 Å². The van der Waals surface area contributed by atoms with Crippen molar-refractivity contribution in [3.8, 4) is 0 Å². The average Bonchev–Trinajstić information content (AvgIpc) is 2.60. The third-order valence-electron chi connectivity index (χ3n) is 4.73. The van der Waals surface area contributed by atoms with Crippen LogP contribution in [0.4, 0.5) is 0 Å². The van der Waals surface area contributed by atoms with Crippen LogP contribution in [0.5, 0.6) is 0 Å². The second-order valence-electron chi connectivity index (χ2n) is 6.74. The smallest absolute Gasteiger partial charge is 0.309 e. The molecule has 0 bridgehead atoms. The molecule has 1 heterocycles. The fourth-order valence-corrected chi connectivity index (χ4v) is 3.29. The van der Waals surface area contributed by atoms with Crippen molar-refractivity contribution in [3.05, 3.63) is 0 Å². The van der Waals surface area contributed by atoms with Crippen LogP contribution in [0, 0.1) is 5.92 Å². The van der Waals surface area contributed by atoms with Crippen LogP contribution >= 0.6 is 11.6 Å². The molecule has 1 saturated heterocycles. The number of hydrogen-bond acceptors (Lipinski definition) is 3. The highest BCUT2D eigenvalue weighted by molar-refractivity contribution is 6.18. The number of piperidine rings is 1. The first-order valence-electron chi connectivity index (χ1n) is 9.69. The summed E-state index contributed by atoms with van der Waals surface area (Å²) in [5.41, 5.74) is 0. The topological polar surface area (TPSA) is 46.6 Å². The number of esters is 1. The van der Waals surface area contributed by atoms with Crippen molar-refractivity contribution in [2.45, 2.75) is 77.6 Å². The summed E-state index contributed by atoms with van der Waals surface area (Å²) in [6.07, 6.45) is 11.8. The minimum Gasteiger partial charge on any atom is -0.465 e. The van der Waals surface area contributed by atoms with Gasteiger partial charge in [-0.25, -0.2) is 0 Å². The van der Waals surface area contributed by atoms with Crippen LogP contribution in [-0.4, -0.2) is 42.4 Å². The first kappa shape index (κ1) is 21.3. The lowest BCUT2D eigenvalue weighted by atomic mass is 9.97. The summed E-state index contributed by atoms with van der Waals surface area (Å²) in [6, 6.07) is 0. The molecular weight excluding hydrogens is 326 g/mol. The molecule has 140 valence electrons. The van der Waals surface area contributed by atoms with E-state index in [-0.39, 0.29) is 17.8 Å². The molecule has 0 aromatic carbocycles. The first-order chi connectivity index (χ1) is 11.7. The SMILES string of the molecule is CCCCCCCCCCOC(=O)C1CCN(C(=O)CCCl)CC1. The summed E-state index contributed by atoms with van der Waals surface area (Å²) >= 11 is 5.60. The quantitative estimate of drug-likeness (QED) is 0.292. The van der Waals surface area contributed by atoms with Crippen LogP contribution < -0.4 is 0 Å². The number of alkyl halides is 1. The maximum Gasteiger partial charge on any atom is 0.309 e. The molecule has 1 rings (SSSR count). The van der Waals surface area contributed by atoms with Gasteiger partial charge in [0.05, 0.1) is 12.5 Å². The van der Waals surface area contributed by atoms with Gasteiger partial charge in [-0.05, 0) is 19.3 Å². The average molecular weight is 360 g/mol. The minimum absolute atomic E-state index is 0.0425. The Hall–Kier alpha value is -0.770. The van der Waals surface area contributed by atoms with Gasteiger partial charge in [0.15, 0.2) is 0 Å². The molecule has 0 aromatic heterocycles. The predicted molar refractivity (Wildman–Crippen MR) is 98.2 cm³/mol. The maximum atomic E-state index is 12.1. The zero-order chi connectivity index (χ0) is 17.6. The van der Waals surface area contributed by atoms with Crippen molar-refractivity contribution >= 4 is 23.5 Å².